The van der Waals surface area contributed by atoms with Crippen molar-refractivity contribution in [2.45, 2.75) is 51.4 Å². The predicted octanol–water partition coefficient (Wildman–Crippen LogP) is 0.170. The summed E-state index contributed by atoms with van der Waals surface area (Å²) >= 11 is 0. The lowest BCUT2D eigenvalue weighted by Gasteiger charge is -2.20. The van der Waals surface area contributed by atoms with Gasteiger partial charge in [-0.05, 0) is 0 Å². The maximum Gasteiger partial charge on any atom is 0.317 e. The Morgan fingerprint density at radius 3 is 0.967 bits per heavy atom. The van der Waals surface area contributed by atoms with Crippen molar-refractivity contribution >= 4 is 35.1 Å². The number of nitrogens with zero attached hydrogens (tertiary/aromatic N) is 2. The molecule has 0 atom stereocenters. The number of carbonyl (C=O) groups excluding carboxylic acids is 4. The molecule has 0 radical (unpaired) electrons. The summed E-state index contributed by atoms with van der Waals surface area (Å²) in [6.07, 6.45) is 0.478. The number of carboxylic acids is 2. The summed E-state index contributed by atoms with van der Waals surface area (Å²) in [6, 6.07) is 0. The quantitative estimate of drug-likeness (QED) is 0.637. The Labute approximate surface area is 175 Å². The van der Waals surface area contributed by atoms with Crippen LogP contribution in [0.2, 0.25) is 0 Å². The first-order chi connectivity index (χ1) is 14.2. The normalized spacial score (nSPS) is 20.5. The zero-order valence-corrected chi connectivity index (χ0v) is 17.1. The van der Waals surface area contributed by atoms with Gasteiger partial charge in [-0.2, -0.15) is 0 Å². The van der Waals surface area contributed by atoms with Crippen LogP contribution in [0.5, 0.6) is 0 Å². The van der Waals surface area contributed by atoms with Gasteiger partial charge in [-0.3, -0.25) is 38.6 Å². The summed E-state index contributed by atoms with van der Waals surface area (Å²) in [5.74, 6) is -2.79. The topological polar surface area (TPSA) is 149 Å². The van der Waals surface area contributed by atoms with Crippen molar-refractivity contribution in [1.82, 2.24) is 9.80 Å². The third-order valence-corrected chi connectivity index (χ3v) is 4.91. The molecule has 1 aliphatic heterocycles. The van der Waals surface area contributed by atoms with Gasteiger partial charge in [0.15, 0.2) is 0 Å². The van der Waals surface area contributed by atoms with Crippen LogP contribution in [0.4, 0.5) is 0 Å². The van der Waals surface area contributed by atoms with E-state index in [1.54, 1.807) is 0 Å². The highest BCUT2D eigenvalue weighted by molar-refractivity contribution is 5.87. The molecule has 0 aromatic carbocycles. The minimum atomic E-state index is -1.06. The number of ketones is 4. The Bertz CT molecular complexity index is 565. The number of carboxylic acid groups (broad SMARTS) is 2. The number of carbonyl (C=O) groups is 6. The Balaban J connectivity index is 2.75. The molecule has 0 bridgehead atoms. The maximum atomic E-state index is 12.0. The SMILES string of the molecule is O=C(O)CN1CCC(=O)CCC(=O)CCN(CC(=O)O)CCC(=O)CCC(=O)CC1. The van der Waals surface area contributed by atoms with Crippen LogP contribution >= 0.6 is 0 Å². The number of rotatable bonds is 4. The first kappa shape index (κ1) is 25.6. The molecule has 1 fully saturated rings. The number of Topliss-reactive ketones (excluding diaryl/α,β-unsaturated/α-hetero) is 4. The summed E-state index contributed by atoms with van der Waals surface area (Å²) in [5, 5.41) is 18.0. The van der Waals surface area contributed by atoms with Gasteiger partial charge in [-0.1, -0.05) is 0 Å². The fourth-order valence-corrected chi connectivity index (χ4v) is 3.11. The van der Waals surface area contributed by atoms with Crippen LogP contribution in [0.25, 0.3) is 0 Å². The van der Waals surface area contributed by atoms with E-state index >= 15 is 0 Å². The summed E-state index contributed by atoms with van der Waals surface area (Å²) in [6.45, 7) is 0.126. The molecular weight excluding hydrogens is 396 g/mol. The van der Waals surface area contributed by atoms with Crippen molar-refractivity contribution in [1.29, 1.82) is 0 Å². The zero-order valence-electron chi connectivity index (χ0n) is 17.1. The van der Waals surface area contributed by atoms with Crippen LogP contribution in [0, 0.1) is 0 Å². The first-order valence-corrected chi connectivity index (χ1v) is 10.1. The second-order valence-electron chi connectivity index (χ2n) is 7.49. The zero-order chi connectivity index (χ0) is 22.5. The minimum absolute atomic E-state index is 0.0378. The molecule has 0 unspecified atom stereocenters. The lowest BCUT2D eigenvalue weighted by atomic mass is 10.1. The molecule has 0 aliphatic carbocycles. The van der Waals surface area contributed by atoms with Gasteiger partial charge in [0, 0.05) is 77.5 Å². The second kappa shape index (κ2) is 13.7. The standard InChI is InChI=1S/C20H30N2O8/c23-15-1-2-16(24)6-10-22(14-20(29)30)12-8-18(26)4-3-17(25)7-11-21(9-5-15)13-19(27)28/h1-14H2,(H,27,28)(H,29,30). The number of hydrogen-bond donors (Lipinski definition) is 2. The van der Waals surface area contributed by atoms with E-state index in [9.17, 15) is 28.8 Å². The van der Waals surface area contributed by atoms with E-state index in [0.29, 0.717) is 0 Å². The van der Waals surface area contributed by atoms with Gasteiger partial charge in [0.1, 0.15) is 23.1 Å². The van der Waals surface area contributed by atoms with Gasteiger partial charge in [0.25, 0.3) is 0 Å². The van der Waals surface area contributed by atoms with Crippen LogP contribution in [-0.2, 0) is 28.8 Å². The fraction of sp³-hybridized carbons (Fsp3) is 0.700. The van der Waals surface area contributed by atoms with Crippen molar-refractivity contribution in [2.24, 2.45) is 0 Å². The van der Waals surface area contributed by atoms with E-state index in [1.165, 1.54) is 9.80 Å². The molecular formula is C20H30N2O8. The summed E-state index contributed by atoms with van der Waals surface area (Å²) in [5.41, 5.74) is 0. The van der Waals surface area contributed by atoms with E-state index in [4.69, 9.17) is 10.2 Å². The molecule has 0 aromatic rings. The van der Waals surface area contributed by atoms with Gasteiger partial charge in [0.2, 0.25) is 0 Å². The van der Waals surface area contributed by atoms with Crippen LogP contribution in [0.1, 0.15) is 51.4 Å². The molecule has 0 amide bonds. The van der Waals surface area contributed by atoms with Crippen molar-refractivity contribution in [3.8, 4) is 0 Å². The van der Waals surface area contributed by atoms with E-state index in [2.05, 4.69) is 0 Å². The van der Waals surface area contributed by atoms with Gasteiger partial charge >= 0.3 is 11.9 Å². The van der Waals surface area contributed by atoms with E-state index in [1.807, 2.05) is 0 Å². The van der Waals surface area contributed by atoms with Crippen molar-refractivity contribution in [3.63, 3.8) is 0 Å². The third kappa shape index (κ3) is 12.2. The number of aliphatic carboxylic acids is 2. The average Bonchev–Trinajstić information content (AvgIpc) is 2.67. The summed E-state index contributed by atoms with van der Waals surface area (Å²) in [7, 11) is 0. The van der Waals surface area contributed by atoms with Gasteiger partial charge in [0.05, 0.1) is 13.1 Å². The molecule has 1 saturated heterocycles. The molecule has 30 heavy (non-hydrogen) atoms. The molecule has 10 heteroatoms. The Kier molecular flexibility index (Phi) is 11.7. The highest BCUT2D eigenvalue weighted by Crippen LogP contribution is 2.07. The van der Waals surface area contributed by atoms with E-state index < -0.39 is 11.9 Å². The van der Waals surface area contributed by atoms with Gasteiger partial charge in [-0.25, -0.2) is 0 Å². The van der Waals surface area contributed by atoms with E-state index in [-0.39, 0.29) is 114 Å². The Morgan fingerprint density at radius 1 is 0.533 bits per heavy atom. The van der Waals surface area contributed by atoms with Crippen LogP contribution in [-0.4, -0.2) is 94.4 Å². The molecule has 0 spiro atoms. The largest absolute Gasteiger partial charge is 0.480 e. The van der Waals surface area contributed by atoms with Crippen molar-refractivity contribution in [2.75, 3.05) is 39.3 Å². The maximum absolute atomic E-state index is 12.0. The smallest absolute Gasteiger partial charge is 0.317 e. The van der Waals surface area contributed by atoms with Crippen molar-refractivity contribution in [3.05, 3.63) is 0 Å². The lowest BCUT2D eigenvalue weighted by molar-refractivity contribution is -0.139. The van der Waals surface area contributed by atoms with E-state index in [0.717, 1.165) is 0 Å². The molecule has 0 aromatic heterocycles. The Morgan fingerprint density at radius 2 is 0.767 bits per heavy atom. The molecule has 2 N–H and O–H groups in total. The summed E-state index contributed by atoms with van der Waals surface area (Å²) < 4.78 is 0. The van der Waals surface area contributed by atoms with Crippen LogP contribution < -0.4 is 0 Å². The minimum Gasteiger partial charge on any atom is -0.480 e. The predicted molar refractivity (Wildman–Crippen MR) is 105 cm³/mol. The fourth-order valence-electron chi connectivity index (χ4n) is 3.11. The molecule has 168 valence electrons. The highest BCUT2D eigenvalue weighted by Gasteiger charge is 2.18. The molecule has 1 aliphatic rings. The van der Waals surface area contributed by atoms with Gasteiger partial charge in [-0.15, -0.1) is 0 Å². The first-order valence-electron chi connectivity index (χ1n) is 10.1. The third-order valence-electron chi connectivity index (χ3n) is 4.91. The highest BCUT2D eigenvalue weighted by atomic mass is 16.4. The number of hydrogen-bond acceptors (Lipinski definition) is 8. The lowest BCUT2D eigenvalue weighted by Crippen LogP contribution is -2.34. The summed E-state index contributed by atoms with van der Waals surface area (Å²) in [4.78, 5) is 73.2. The van der Waals surface area contributed by atoms with Crippen molar-refractivity contribution < 1.29 is 39.0 Å². The molecule has 1 rings (SSSR count). The van der Waals surface area contributed by atoms with Gasteiger partial charge < -0.3 is 10.2 Å². The molecule has 0 saturated carbocycles. The second-order valence-corrected chi connectivity index (χ2v) is 7.49. The monoisotopic (exact) mass is 426 g/mol. The molecule has 10 nitrogen and oxygen atoms in total. The van der Waals surface area contributed by atoms with Crippen LogP contribution in [0.15, 0.2) is 0 Å². The molecule has 1 heterocycles. The average molecular weight is 426 g/mol. The van der Waals surface area contributed by atoms with Crippen LogP contribution in [0.3, 0.4) is 0 Å². The Hall–Kier alpha value is -2.46.